The van der Waals surface area contributed by atoms with Crippen LogP contribution in [0.1, 0.15) is 25.5 Å². The third-order valence-electron chi connectivity index (χ3n) is 3.06. The highest BCUT2D eigenvalue weighted by atomic mass is 32.1. The molecule has 0 radical (unpaired) electrons. The van der Waals surface area contributed by atoms with Crippen molar-refractivity contribution in [2.45, 2.75) is 32.4 Å². The van der Waals surface area contributed by atoms with Crippen LogP contribution in [0.3, 0.4) is 0 Å². The lowest BCUT2D eigenvalue weighted by Gasteiger charge is -2.20. The van der Waals surface area contributed by atoms with Crippen LogP contribution in [0.15, 0.2) is 10.9 Å². The Balaban J connectivity index is 1.59. The molecular formula is C11H19N3S. The number of thiazole rings is 1. The Labute approximate surface area is 95.5 Å². The van der Waals surface area contributed by atoms with Gasteiger partial charge >= 0.3 is 0 Å². The standard InChI is InChI=1S/C11H19N3S/c1-10-3-2-5-14(10)6-4-12-7-11-8-15-9-13-11/h8-10,12H,2-7H2,1H3. The van der Waals surface area contributed by atoms with Crippen molar-refractivity contribution in [2.75, 3.05) is 19.6 Å². The normalized spacial score (nSPS) is 22.3. The van der Waals surface area contributed by atoms with E-state index in [1.165, 1.54) is 25.9 Å². The van der Waals surface area contributed by atoms with Crippen molar-refractivity contribution in [1.29, 1.82) is 0 Å². The third-order valence-corrected chi connectivity index (χ3v) is 3.69. The van der Waals surface area contributed by atoms with Gasteiger partial charge in [-0.05, 0) is 26.3 Å². The summed E-state index contributed by atoms with van der Waals surface area (Å²) in [6.45, 7) is 6.76. The van der Waals surface area contributed by atoms with Crippen LogP contribution in [0.4, 0.5) is 0 Å². The smallest absolute Gasteiger partial charge is 0.0795 e. The lowest BCUT2D eigenvalue weighted by Crippen LogP contribution is -2.34. The lowest BCUT2D eigenvalue weighted by molar-refractivity contribution is 0.268. The summed E-state index contributed by atoms with van der Waals surface area (Å²) in [5.74, 6) is 0. The maximum atomic E-state index is 4.24. The number of nitrogens with zero attached hydrogens (tertiary/aromatic N) is 2. The van der Waals surface area contributed by atoms with Gasteiger partial charge in [-0.1, -0.05) is 0 Å². The minimum atomic E-state index is 0.783. The van der Waals surface area contributed by atoms with E-state index in [0.717, 1.165) is 24.8 Å². The molecule has 0 aliphatic carbocycles. The second kappa shape index (κ2) is 5.58. The highest BCUT2D eigenvalue weighted by molar-refractivity contribution is 7.07. The second-order valence-electron chi connectivity index (χ2n) is 4.18. The summed E-state index contributed by atoms with van der Waals surface area (Å²) in [5.41, 5.74) is 3.05. The molecule has 1 fully saturated rings. The Hall–Kier alpha value is -0.450. The molecule has 84 valence electrons. The van der Waals surface area contributed by atoms with Gasteiger partial charge in [0, 0.05) is 31.1 Å². The summed E-state index contributed by atoms with van der Waals surface area (Å²) in [7, 11) is 0. The van der Waals surface area contributed by atoms with Gasteiger partial charge in [0.05, 0.1) is 11.2 Å². The lowest BCUT2D eigenvalue weighted by atomic mass is 10.2. The van der Waals surface area contributed by atoms with Gasteiger partial charge in [-0.3, -0.25) is 4.90 Å². The van der Waals surface area contributed by atoms with Gasteiger partial charge in [-0.2, -0.15) is 0 Å². The predicted molar refractivity (Wildman–Crippen MR) is 64.1 cm³/mol. The van der Waals surface area contributed by atoms with Crippen molar-refractivity contribution in [3.8, 4) is 0 Å². The molecule has 3 nitrogen and oxygen atoms in total. The Morgan fingerprint density at radius 3 is 3.27 bits per heavy atom. The Morgan fingerprint density at radius 1 is 1.67 bits per heavy atom. The summed E-state index contributed by atoms with van der Waals surface area (Å²) in [5, 5.41) is 5.54. The van der Waals surface area contributed by atoms with E-state index in [-0.39, 0.29) is 0 Å². The Bertz CT molecular complexity index is 273. The molecule has 0 amide bonds. The van der Waals surface area contributed by atoms with Gasteiger partial charge in [-0.15, -0.1) is 11.3 Å². The van der Waals surface area contributed by atoms with E-state index < -0.39 is 0 Å². The topological polar surface area (TPSA) is 28.2 Å². The molecule has 1 aromatic heterocycles. The van der Waals surface area contributed by atoms with Gasteiger partial charge in [0.15, 0.2) is 0 Å². The van der Waals surface area contributed by atoms with Crippen LogP contribution in [0, 0.1) is 0 Å². The zero-order valence-electron chi connectivity index (χ0n) is 9.28. The van der Waals surface area contributed by atoms with Crippen molar-refractivity contribution in [3.05, 3.63) is 16.6 Å². The molecule has 0 aromatic carbocycles. The molecule has 4 heteroatoms. The van der Waals surface area contributed by atoms with Gasteiger partial charge < -0.3 is 5.32 Å². The minimum absolute atomic E-state index is 0.783. The summed E-state index contributed by atoms with van der Waals surface area (Å²) in [6, 6.07) is 0.783. The molecule has 1 aliphatic heterocycles. The first-order valence-electron chi connectivity index (χ1n) is 5.68. The van der Waals surface area contributed by atoms with E-state index in [2.05, 4.69) is 27.5 Å². The fourth-order valence-corrected chi connectivity index (χ4v) is 2.65. The average molecular weight is 225 g/mol. The highest BCUT2D eigenvalue weighted by Gasteiger charge is 2.18. The molecule has 15 heavy (non-hydrogen) atoms. The molecule has 0 saturated carbocycles. The van der Waals surface area contributed by atoms with Crippen molar-refractivity contribution in [2.24, 2.45) is 0 Å². The maximum absolute atomic E-state index is 4.24. The first-order valence-corrected chi connectivity index (χ1v) is 6.62. The van der Waals surface area contributed by atoms with E-state index in [1.807, 2.05) is 5.51 Å². The average Bonchev–Trinajstić information content (AvgIpc) is 2.85. The maximum Gasteiger partial charge on any atom is 0.0795 e. The molecule has 1 aliphatic rings. The molecular weight excluding hydrogens is 206 g/mol. The molecule has 2 rings (SSSR count). The fraction of sp³-hybridized carbons (Fsp3) is 0.727. The van der Waals surface area contributed by atoms with E-state index in [0.29, 0.717) is 0 Å². The fourth-order valence-electron chi connectivity index (χ4n) is 2.09. The summed E-state index contributed by atoms with van der Waals surface area (Å²) >= 11 is 1.66. The molecule has 1 saturated heterocycles. The van der Waals surface area contributed by atoms with E-state index >= 15 is 0 Å². The van der Waals surface area contributed by atoms with Crippen LogP contribution < -0.4 is 5.32 Å². The molecule has 2 heterocycles. The zero-order valence-corrected chi connectivity index (χ0v) is 10.1. The first-order chi connectivity index (χ1) is 7.36. The summed E-state index contributed by atoms with van der Waals surface area (Å²) in [4.78, 5) is 6.81. The monoisotopic (exact) mass is 225 g/mol. The van der Waals surface area contributed by atoms with Crippen LogP contribution in [-0.4, -0.2) is 35.6 Å². The number of hydrogen-bond donors (Lipinski definition) is 1. The van der Waals surface area contributed by atoms with Gasteiger partial charge in [0.25, 0.3) is 0 Å². The van der Waals surface area contributed by atoms with E-state index in [9.17, 15) is 0 Å². The molecule has 1 atom stereocenters. The minimum Gasteiger partial charge on any atom is -0.310 e. The molecule has 0 spiro atoms. The van der Waals surface area contributed by atoms with Gasteiger partial charge in [0.2, 0.25) is 0 Å². The number of hydrogen-bond acceptors (Lipinski definition) is 4. The third kappa shape index (κ3) is 3.26. The first kappa shape index (κ1) is 11.0. The largest absolute Gasteiger partial charge is 0.310 e. The number of aromatic nitrogens is 1. The van der Waals surface area contributed by atoms with Crippen molar-refractivity contribution >= 4 is 11.3 Å². The van der Waals surface area contributed by atoms with Crippen molar-refractivity contribution < 1.29 is 0 Å². The Kier molecular flexibility index (Phi) is 4.11. The second-order valence-corrected chi connectivity index (χ2v) is 4.90. The van der Waals surface area contributed by atoms with Crippen molar-refractivity contribution in [3.63, 3.8) is 0 Å². The SMILES string of the molecule is CC1CCCN1CCNCc1cscn1. The Morgan fingerprint density at radius 2 is 2.60 bits per heavy atom. The van der Waals surface area contributed by atoms with Crippen LogP contribution in [-0.2, 0) is 6.54 Å². The summed E-state index contributed by atoms with van der Waals surface area (Å²) < 4.78 is 0. The molecule has 1 aromatic rings. The molecule has 0 bridgehead atoms. The van der Waals surface area contributed by atoms with Crippen LogP contribution >= 0.6 is 11.3 Å². The van der Waals surface area contributed by atoms with Gasteiger partial charge in [0.1, 0.15) is 0 Å². The zero-order chi connectivity index (χ0) is 10.5. The van der Waals surface area contributed by atoms with E-state index in [4.69, 9.17) is 0 Å². The van der Waals surface area contributed by atoms with Crippen molar-refractivity contribution in [1.82, 2.24) is 15.2 Å². The van der Waals surface area contributed by atoms with Crippen LogP contribution in [0.5, 0.6) is 0 Å². The quantitative estimate of drug-likeness (QED) is 0.773. The van der Waals surface area contributed by atoms with Crippen LogP contribution in [0.2, 0.25) is 0 Å². The predicted octanol–water partition coefficient (Wildman–Crippen LogP) is 1.72. The molecule has 1 N–H and O–H groups in total. The number of nitrogens with one attached hydrogen (secondary N) is 1. The highest BCUT2D eigenvalue weighted by Crippen LogP contribution is 2.14. The van der Waals surface area contributed by atoms with Gasteiger partial charge in [-0.25, -0.2) is 4.98 Å². The number of rotatable bonds is 5. The van der Waals surface area contributed by atoms with E-state index in [1.54, 1.807) is 11.3 Å². The molecule has 1 unspecified atom stereocenters. The van der Waals surface area contributed by atoms with Crippen LogP contribution in [0.25, 0.3) is 0 Å². The number of likely N-dealkylation sites (tertiary alicyclic amines) is 1. The summed E-state index contributed by atoms with van der Waals surface area (Å²) in [6.07, 6.45) is 2.74.